The van der Waals surface area contributed by atoms with Gasteiger partial charge in [0.25, 0.3) is 0 Å². The monoisotopic (exact) mass is 396 g/mol. The molecule has 1 aliphatic rings. The van der Waals surface area contributed by atoms with Gasteiger partial charge in [0, 0.05) is 42.9 Å². The Balaban J connectivity index is 1.56. The molecule has 1 fully saturated rings. The molecule has 0 unspecified atom stereocenters. The van der Waals surface area contributed by atoms with Crippen LogP contribution in [0.15, 0.2) is 36.4 Å². The number of anilines is 2. The third-order valence-corrected chi connectivity index (χ3v) is 5.24. The van der Waals surface area contributed by atoms with E-state index in [-0.39, 0.29) is 24.5 Å². The van der Waals surface area contributed by atoms with Gasteiger partial charge in [-0.2, -0.15) is 0 Å². The zero-order valence-electron chi connectivity index (χ0n) is 17.3. The van der Waals surface area contributed by atoms with Crippen LogP contribution in [0, 0.1) is 6.92 Å². The number of benzene rings is 2. The van der Waals surface area contributed by atoms with Gasteiger partial charge in [0.2, 0.25) is 5.91 Å². The van der Waals surface area contributed by atoms with Crippen LogP contribution >= 0.6 is 0 Å². The van der Waals surface area contributed by atoms with E-state index < -0.39 is 0 Å². The van der Waals surface area contributed by atoms with Crippen LogP contribution in [0.1, 0.15) is 41.6 Å². The molecule has 1 N–H and O–H groups in total. The van der Waals surface area contributed by atoms with Crippen molar-refractivity contribution in [2.75, 3.05) is 37.5 Å². The van der Waals surface area contributed by atoms with E-state index in [1.807, 2.05) is 19.1 Å². The van der Waals surface area contributed by atoms with Crippen molar-refractivity contribution in [3.63, 3.8) is 0 Å². The molecule has 2 aromatic carbocycles. The molecule has 1 heterocycles. The van der Waals surface area contributed by atoms with Crippen molar-refractivity contribution < 1.29 is 19.1 Å². The average Bonchev–Trinajstić information content (AvgIpc) is 3.27. The summed E-state index contributed by atoms with van der Waals surface area (Å²) in [4.78, 5) is 27.2. The Morgan fingerprint density at radius 1 is 0.966 bits per heavy atom. The molecule has 1 amide bonds. The quantitative estimate of drug-likeness (QED) is 0.677. The Morgan fingerprint density at radius 2 is 1.69 bits per heavy atom. The Hall–Kier alpha value is -3.02. The lowest BCUT2D eigenvalue weighted by atomic mass is 10.1. The number of hydrogen-bond acceptors (Lipinski definition) is 5. The van der Waals surface area contributed by atoms with Gasteiger partial charge >= 0.3 is 0 Å². The topological polar surface area (TPSA) is 67.9 Å². The van der Waals surface area contributed by atoms with E-state index in [9.17, 15) is 9.59 Å². The largest absolute Gasteiger partial charge is 0.493 e. The number of carbonyl (C=O) groups is 2. The molecular weight excluding hydrogens is 368 g/mol. The van der Waals surface area contributed by atoms with E-state index in [2.05, 4.69) is 16.3 Å². The minimum Gasteiger partial charge on any atom is -0.493 e. The van der Waals surface area contributed by atoms with Gasteiger partial charge in [0.15, 0.2) is 17.3 Å². The Morgan fingerprint density at radius 3 is 2.34 bits per heavy atom. The van der Waals surface area contributed by atoms with Gasteiger partial charge in [-0.1, -0.05) is 0 Å². The molecule has 0 aromatic heterocycles. The molecule has 1 saturated heterocycles. The van der Waals surface area contributed by atoms with E-state index in [0.29, 0.717) is 17.1 Å². The molecule has 154 valence electrons. The molecule has 1 aliphatic heterocycles. The summed E-state index contributed by atoms with van der Waals surface area (Å²) in [5.74, 6) is 0.782. The number of ether oxygens (including phenoxy) is 2. The standard InChI is InChI=1S/C23H28N2O4/c1-16-14-18(25-12-4-5-13-25)7-8-19(16)24-23(27)11-9-20(26)17-6-10-21(28-2)22(15-17)29-3/h6-8,10,14-15H,4-5,9,11-13H2,1-3H3,(H,24,27). The highest BCUT2D eigenvalue weighted by Gasteiger charge is 2.15. The first-order valence-corrected chi connectivity index (χ1v) is 9.92. The van der Waals surface area contributed by atoms with E-state index in [1.165, 1.54) is 25.6 Å². The highest BCUT2D eigenvalue weighted by atomic mass is 16.5. The smallest absolute Gasteiger partial charge is 0.224 e. The normalized spacial score (nSPS) is 13.3. The minimum atomic E-state index is -0.171. The maximum absolute atomic E-state index is 12.4. The first kappa shape index (κ1) is 20.7. The first-order valence-electron chi connectivity index (χ1n) is 9.92. The van der Waals surface area contributed by atoms with Crippen molar-refractivity contribution in [2.24, 2.45) is 0 Å². The third-order valence-electron chi connectivity index (χ3n) is 5.24. The zero-order chi connectivity index (χ0) is 20.8. The van der Waals surface area contributed by atoms with Crippen LogP contribution in [0.4, 0.5) is 11.4 Å². The second-order valence-electron chi connectivity index (χ2n) is 7.23. The van der Waals surface area contributed by atoms with E-state index in [1.54, 1.807) is 25.3 Å². The molecule has 3 rings (SSSR count). The summed E-state index contributed by atoms with van der Waals surface area (Å²) in [6.07, 6.45) is 2.71. The molecule has 29 heavy (non-hydrogen) atoms. The summed E-state index contributed by atoms with van der Waals surface area (Å²) in [6.45, 7) is 4.16. The molecule has 0 saturated carbocycles. The number of Topliss-reactive ketones (excluding diaryl/α,β-unsaturated/α-hetero) is 1. The Kier molecular flexibility index (Phi) is 6.75. The van der Waals surface area contributed by atoms with Crippen LogP contribution in [0.25, 0.3) is 0 Å². The third kappa shape index (κ3) is 5.08. The van der Waals surface area contributed by atoms with Gasteiger partial charge < -0.3 is 19.7 Å². The molecule has 0 aliphatic carbocycles. The highest BCUT2D eigenvalue weighted by molar-refractivity contribution is 6.00. The van der Waals surface area contributed by atoms with Crippen molar-refractivity contribution in [1.29, 1.82) is 0 Å². The fraction of sp³-hybridized carbons (Fsp3) is 0.391. The maximum atomic E-state index is 12.4. The molecule has 2 aromatic rings. The van der Waals surface area contributed by atoms with Crippen LogP contribution in [-0.4, -0.2) is 39.0 Å². The lowest BCUT2D eigenvalue weighted by Gasteiger charge is -2.19. The van der Waals surface area contributed by atoms with Crippen LogP contribution < -0.4 is 19.7 Å². The SMILES string of the molecule is COc1ccc(C(=O)CCC(=O)Nc2ccc(N3CCCC3)cc2C)cc1OC. The van der Waals surface area contributed by atoms with Crippen LogP contribution in [0.2, 0.25) is 0 Å². The summed E-state index contributed by atoms with van der Waals surface area (Å²) >= 11 is 0. The Bertz CT molecular complexity index is 888. The van der Waals surface area contributed by atoms with Gasteiger partial charge in [0.05, 0.1) is 14.2 Å². The predicted octanol–water partition coefficient (Wildman–Crippen LogP) is 4.21. The number of ketones is 1. The number of carbonyl (C=O) groups excluding carboxylic acids is 2. The molecule has 6 nitrogen and oxygen atoms in total. The van der Waals surface area contributed by atoms with Crippen molar-refractivity contribution in [2.45, 2.75) is 32.6 Å². The predicted molar refractivity (Wildman–Crippen MR) is 114 cm³/mol. The van der Waals surface area contributed by atoms with Gasteiger partial charge in [0.1, 0.15) is 0 Å². The van der Waals surface area contributed by atoms with Crippen molar-refractivity contribution in [1.82, 2.24) is 0 Å². The Labute approximate surface area is 171 Å². The van der Waals surface area contributed by atoms with Crippen LogP contribution in [-0.2, 0) is 4.79 Å². The van der Waals surface area contributed by atoms with Crippen molar-refractivity contribution >= 4 is 23.1 Å². The van der Waals surface area contributed by atoms with Crippen molar-refractivity contribution in [3.8, 4) is 11.5 Å². The number of aryl methyl sites for hydroxylation is 1. The molecule has 0 bridgehead atoms. The molecule has 0 radical (unpaired) electrons. The molecule has 0 atom stereocenters. The lowest BCUT2D eigenvalue weighted by Crippen LogP contribution is -2.18. The van der Waals surface area contributed by atoms with Gasteiger partial charge in [-0.15, -0.1) is 0 Å². The number of hydrogen-bond donors (Lipinski definition) is 1. The van der Waals surface area contributed by atoms with E-state index in [0.717, 1.165) is 24.3 Å². The average molecular weight is 396 g/mol. The lowest BCUT2D eigenvalue weighted by molar-refractivity contribution is -0.116. The van der Waals surface area contributed by atoms with Crippen molar-refractivity contribution in [3.05, 3.63) is 47.5 Å². The van der Waals surface area contributed by atoms with Crippen LogP contribution in [0.3, 0.4) is 0 Å². The summed E-state index contributed by atoms with van der Waals surface area (Å²) in [7, 11) is 3.07. The maximum Gasteiger partial charge on any atom is 0.224 e. The number of nitrogens with zero attached hydrogens (tertiary/aromatic N) is 1. The zero-order valence-corrected chi connectivity index (χ0v) is 17.3. The van der Waals surface area contributed by atoms with Gasteiger partial charge in [-0.3, -0.25) is 9.59 Å². The fourth-order valence-electron chi connectivity index (χ4n) is 3.55. The number of nitrogens with one attached hydrogen (secondary N) is 1. The summed E-state index contributed by atoms with van der Waals surface area (Å²) in [5.41, 5.74) is 3.51. The highest BCUT2D eigenvalue weighted by Crippen LogP contribution is 2.28. The molecule has 6 heteroatoms. The fourth-order valence-corrected chi connectivity index (χ4v) is 3.55. The van der Waals surface area contributed by atoms with E-state index >= 15 is 0 Å². The van der Waals surface area contributed by atoms with E-state index in [4.69, 9.17) is 9.47 Å². The number of methoxy groups -OCH3 is 2. The number of rotatable bonds is 8. The summed E-state index contributed by atoms with van der Waals surface area (Å²) < 4.78 is 10.4. The second kappa shape index (κ2) is 9.45. The summed E-state index contributed by atoms with van der Waals surface area (Å²) in [5, 5.41) is 2.92. The second-order valence-corrected chi connectivity index (χ2v) is 7.23. The molecule has 0 spiro atoms. The first-order chi connectivity index (χ1) is 14.0. The van der Waals surface area contributed by atoms with Gasteiger partial charge in [-0.25, -0.2) is 0 Å². The minimum absolute atomic E-state index is 0.109. The number of amides is 1. The summed E-state index contributed by atoms with van der Waals surface area (Å²) in [6, 6.07) is 11.1. The van der Waals surface area contributed by atoms with Crippen LogP contribution in [0.5, 0.6) is 11.5 Å². The van der Waals surface area contributed by atoms with Gasteiger partial charge in [-0.05, 0) is 61.7 Å². The molecular formula is C23H28N2O4.